The molecule has 0 bridgehead atoms. The van der Waals surface area contributed by atoms with Gasteiger partial charge in [-0.15, -0.1) is 35.7 Å². The van der Waals surface area contributed by atoms with Gasteiger partial charge in [0.05, 0.1) is 0 Å². The second kappa shape index (κ2) is 12.2. The van der Waals surface area contributed by atoms with E-state index in [1.165, 1.54) is 63.3 Å². The van der Waals surface area contributed by atoms with Gasteiger partial charge in [-0.3, -0.25) is 4.99 Å². The largest absolute Gasteiger partial charge is 0.356 e. The molecule has 1 heterocycles. The fourth-order valence-corrected chi connectivity index (χ4v) is 4.64. The van der Waals surface area contributed by atoms with Crippen LogP contribution in [0, 0.1) is 0 Å². The Balaban J connectivity index is 0.00000280. The second-order valence-corrected chi connectivity index (χ2v) is 9.34. The third-order valence-electron chi connectivity index (χ3n) is 5.48. The molecule has 5 nitrogen and oxygen atoms in total. The predicted molar refractivity (Wildman–Crippen MR) is 132 cm³/mol. The van der Waals surface area contributed by atoms with Gasteiger partial charge < -0.3 is 20.4 Å². The van der Waals surface area contributed by atoms with Crippen LogP contribution in [-0.4, -0.2) is 80.4 Å². The van der Waals surface area contributed by atoms with Gasteiger partial charge in [-0.25, -0.2) is 0 Å². The summed E-state index contributed by atoms with van der Waals surface area (Å²) in [7, 11) is 4.08. The average molecular weight is 518 g/mol. The summed E-state index contributed by atoms with van der Waals surface area (Å²) in [5.74, 6) is 0.939. The van der Waals surface area contributed by atoms with Gasteiger partial charge in [-0.1, -0.05) is 18.2 Å². The summed E-state index contributed by atoms with van der Waals surface area (Å²) < 4.78 is 0.348. The molecular weight excluding hydrogens is 481 g/mol. The Morgan fingerprint density at radius 2 is 1.79 bits per heavy atom. The first-order chi connectivity index (χ1) is 13.2. The molecule has 3 rings (SSSR count). The van der Waals surface area contributed by atoms with Crippen molar-refractivity contribution in [2.75, 3.05) is 59.9 Å². The third kappa shape index (κ3) is 8.08. The van der Waals surface area contributed by atoms with Crippen molar-refractivity contribution in [1.82, 2.24) is 20.4 Å². The smallest absolute Gasteiger partial charge is 0.191 e. The van der Waals surface area contributed by atoms with E-state index in [4.69, 9.17) is 0 Å². The molecule has 1 aliphatic carbocycles. The van der Waals surface area contributed by atoms with Crippen LogP contribution in [0.3, 0.4) is 0 Å². The van der Waals surface area contributed by atoms with Crippen LogP contribution in [0.4, 0.5) is 0 Å². The lowest BCUT2D eigenvalue weighted by Gasteiger charge is -2.32. The van der Waals surface area contributed by atoms with E-state index in [0.717, 1.165) is 19.0 Å². The monoisotopic (exact) mass is 517 g/mol. The topological polar surface area (TPSA) is 42.9 Å². The highest BCUT2D eigenvalue weighted by Crippen LogP contribution is 2.51. The standard InChI is InChI=1S/C21H35N5S.HI/c1-22-20(23-12-6-7-13-26-16-14-25(2)15-17-26)24-18-21(10-11-21)27-19-8-4-3-5-9-19;/h3-5,8-9H,6-7,10-18H2,1-2H3,(H2,22,23,24);1H. The molecule has 2 aliphatic rings. The number of piperazine rings is 1. The van der Waals surface area contributed by atoms with Gasteiger partial charge in [0.2, 0.25) is 0 Å². The van der Waals surface area contributed by atoms with Crippen molar-refractivity contribution in [3.05, 3.63) is 30.3 Å². The number of rotatable bonds is 9. The summed E-state index contributed by atoms with van der Waals surface area (Å²) in [6, 6.07) is 10.7. The van der Waals surface area contributed by atoms with Crippen LogP contribution in [0.1, 0.15) is 25.7 Å². The van der Waals surface area contributed by atoms with E-state index in [2.05, 4.69) is 62.8 Å². The first-order valence-corrected chi connectivity index (χ1v) is 11.1. The fraction of sp³-hybridized carbons (Fsp3) is 0.667. The molecule has 0 radical (unpaired) electrons. The highest BCUT2D eigenvalue weighted by molar-refractivity contribution is 14.0. The van der Waals surface area contributed by atoms with E-state index < -0.39 is 0 Å². The molecule has 7 heteroatoms. The number of halogens is 1. The lowest BCUT2D eigenvalue weighted by atomic mass is 10.2. The van der Waals surface area contributed by atoms with Gasteiger partial charge in [0.15, 0.2) is 5.96 Å². The average Bonchev–Trinajstić information content (AvgIpc) is 3.46. The minimum Gasteiger partial charge on any atom is -0.356 e. The molecule has 2 N–H and O–H groups in total. The molecule has 28 heavy (non-hydrogen) atoms. The van der Waals surface area contributed by atoms with Crippen molar-refractivity contribution < 1.29 is 0 Å². The van der Waals surface area contributed by atoms with Crippen LogP contribution in [0.25, 0.3) is 0 Å². The number of nitrogens with one attached hydrogen (secondary N) is 2. The minimum atomic E-state index is 0. The lowest BCUT2D eigenvalue weighted by Crippen LogP contribution is -2.45. The molecule has 0 aromatic heterocycles. The molecule has 1 aromatic carbocycles. The van der Waals surface area contributed by atoms with Gasteiger partial charge in [0, 0.05) is 56.0 Å². The predicted octanol–water partition coefficient (Wildman–Crippen LogP) is 3.12. The Bertz CT molecular complexity index is 586. The number of aliphatic imine (C=N–C) groups is 1. The molecule has 158 valence electrons. The van der Waals surface area contributed by atoms with E-state index in [1.54, 1.807) is 0 Å². The summed E-state index contributed by atoms with van der Waals surface area (Å²) >= 11 is 2.00. The van der Waals surface area contributed by atoms with Crippen molar-refractivity contribution in [2.45, 2.75) is 35.3 Å². The number of nitrogens with zero attached hydrogens (tertiary/aromatic N) is 3. The van der Waals surface area contributed by atoms with E-state index in [0.29, 0.717) is 4.75 Å². The fourth-order valence-electron chi connectivity index (χ4n) is 3.40. The first-order valence-electron chi connectivity index (χ1n) is 10.3. The maximum Gasteiger partial charge on any atom is 0.191 e. The molecule has 1 aliphatic heterocycles. The zero-order chi connectivity index (χ0) is 19.0. The van der Waals surface area contributed by atoms with Crippen LogP contribution in [-0.2, 0) is 0 Å². The lowest BCUT2D eigenvalue weighted by molar-refractivity contribution is 0.152. The molecular formula is C21H36IN5S. The second-order valence-electron chi connectivity index (χ2n) is 7.80. The number of hydrogen-bond acceptors (Lipinski definition) is 4. The Kier molecular flexibility index (Phi) is 10.4. The Hall–Kier alpha value is -0.510. The van der Waals surface area contributed by atoms with E-state index in [9.17, 15) is 0 Å². The molecule has 1 saturated heterocycles. The number of thioether (sulfide) groups is 1. The third-order valence-corrected chi connectivity index (χ3v) is 6.97. The van der Waals surface area contributed by atoms with Crippen molar-refractivity contribution in [3.63, 3.8) is 0 Å². The van der Waals surface area contributed by atoms with Crippen molar-refractivity contribution in [2.24, 2.45) is 4.99 Å². The molecule has 1 aromatic rings. The van der Waals surface area contributed by atoms with E-state index >= 15 is 0 Å². The number of unbranched alkanes of at least 4 members (excludes halogenated alkanes) is 1. The van der Waals surface area contributed by atoms with Gasteiger partial charge in [-0.2, -0.15) is 0 Å². The summed E-state index contributed by atoms with van der Waals surface area (Å²) in [5.41, 5.74) is 0. The van der Waals surface area contributed by atoms with Crippen molar-refractivity contribution in [1.29, 1.82) is 0 Å². The quantitative estimate of drug-likeness (QED) is 0.228. The van der Waals surface area contributed by atoms with Crippen LogP contribution >= 0.6 is 35.7 Å². The highest BCUT2D eigenvalue weighted by Gasteiger charge is 2.43. The maximum absolute atomic E-state index is 4.39. The number of hydrogen-bond donors (Lipinski definition) is 2. The number of benzene rings is 1. The zero-order valence-corrected chi connectivity index (χ0v) is 20.5. The number of guanidine groups is 1. The number of likely N-dealkylation sites (N-methyl/N-ethyl adjacent to an activating group) is 1. The normalized spacial score (nSPS) is 19.7. The SMILES string of the molecule is CN=C(NCCCCN1CCN(C)CC1)NCC1(Sc2ccccc2)CC1.I. The van der Waals surface area contributed by atoms with E-state index in [1.807, 2.05) is 18.8 Å². The Labute approximate surface area is 192 Å². The van der Waals surface area contributed by atoms with Gasteiger partial charge in [0.1, 0.15) is 0 Å². The van der Waals surface area contributed by atoms with Gasteiger partial charge >= 0.3 is 0 Å². The summed E-state index contributed by atoms with van der Waals surface area (Å²) in [4.78, 5) is 10.8. The zero-order valence-electron chi connectivity index (χ0n) is 17.3. The van der Waals surface area contributed by atoms with Gasteiger partial charge in [0.25, 0.3) is 0 Å². The van der Waals surface area contributed by atoms with Crippen LogP contribution in [0.2, 0.25) is 0 Å². The minimum absolute atomic E-state index is 0. The molecule has 0 unspecified atom stereocenters. The molecule has 0 amide bonds. The van der Waals surface area contributed by atoms with E-state index in [-0.39, 0.29) is 24.0 Å². The van der Waals surface area contributed by atoms with Gasteiger partial charge in [-0.05, 0) is 51.4 Å². The molecule has 0 atom stereocenters. The highest BCUT2D eigenvalue weighted by atomic mass is 127. The maximum atomic E-state index is 4.39. The van der Waals surface area contributed by atoms with Crippen LogP contribution in [0.15, 0.2) is 40.2 Å². The van der Waals surface area contributed by atoms with Crippen molar-refractivity contribution in [3.8, 4) is 0 Å². The van der Waals surface area contributed by atoms with Crippen molar-refractivity contribution >= 4 is 41.7 Å². The van der Waals surface area contributed by atoms with Crippen LogP contribution in [0.5, 0.6) is 0 Å². The molecule has 2 fully saturated rings. The summed E-state index contributed by atoms with van der Waals surface area (Å²) in [6.45, 7) is 8.04. The molecule has 0 spiro atoms. The van der Waals surface area contributed by atoms with Crippen LogP contribution < -0.4 is 10.6 Å². The first kappa shape index (κ1) is 23.8. The Morgan fingerprint density at radius 3 is 2.43 bits per heavy atom. The summed E-state index contributed by atoms with van der Waals surface area (Å²) in [6.07, 6.45) is 5.00. The molecule has 1 saturated carbocycles. The Morgan fingerprint density at radius 1 is 1.07 bits per heavy atom. The summed E-state index contributed by atoms with van der Waals surface area (Å²) in [5, 5.41) is 7.02.